The first-order valence-electron chi connectivity index (χ1n) is 8.79. The van der Waals surface area contributed by atoms with Crippen molar-refractivity contribution in [1.29, 1.82) is 10.5 Å². The van der Waals surface area contributed by atoms with Crippen LogP contribution in [0.2, 0.25) is 5.15 Å². The quantitative estimate of drug-likeness (QED) is 0.791. The van der Waals surface area contributed by atoms with Gasteiger partial charge in [0.25, 0.3) is 0 Å². The van der Waals surface area contributed by atoms with Gasteiger partial charge in [0.05, 0.1) is 29.9 Å². The molecular formula is C22H19ClN4O. The number of aliphatic hydroxyl groups is 1. The summed E-state index contributed by atoms with van der Waals surface area (Å²) in [4.78, 5) is 6.33. The zero-order valence-electron chi connectivity index (χ0n) is 15.7. The Morgan fingerprint density at radius 2 is 1.89 bits per heavy atom. The molecule has 0 saturated heterocycles. The number of benzene rings is 1. The Kier molecular flexibility index (Phi) is 5.80. The molecule has 0 spiro atoms. The van der Waals surface area contributed by atoms with Gasteiger partial charge in [-0.2, -0.15) is 10.5 Å². The second-order valence-corrected chi connectivity index (χ2v) is 7.08. The molecule has 1 aromatic heterocycles. The van der Waals surface area contributed by atoms with Crippen LogP contribution in [0.1, 0.15) is 36.1 Å². The van der Waals surface area contributed by atoms with Gasteiger partial charge in [-0.25, -0.2) is 4.98 Å². The van der Waals surface area contributed by atoms with Crippen LogP contribution in [0, 0.1) is 22.7 Å². The van der Waals surface area contributed by atoms with Gasteiger partial charge in [0.15, 0.2) is 0 Å². The van der Waals surface area contributed by atoms with Crippen LogP contribution in [0.4, 0.5) is 0 Å². The number of halogens is 1. The Bertz CT molecular complexity index is 1060. The molecule has 0 unspecified atom stereocenters. The van der Waals surface area contributed by atoms with E-state index in [0.717, 1.165) is 28.0 Å². The van der Waals surface area contributed by atoms with Crippen LogP contribution >= 0.6 is 11.6 Å². The number of allylic oxidation sites excluding steroid dienone is 3. The molecular weight excluding hydrogens is 372 g/mol. The van der Waals surface area contributed by atoms with Gasteiger partial charge in [-0.05, 0) is 48.7 Å². The lowest BCUT2D eigenvalue weighted by Gasteiger charge is -2.33. The lowest BCUT2D eigenvalue weighted by Crippen LogP contribution is -2.28. The van der Waals surface area contributed by atoms with E-state index in [-0.39, 0.29) is 6.61 Å². The van der Waals surface area contributed by atoms with E-state index in [0.29, 0.717) is 34.9 Å². The van der Waals surface area contributed by atoms with Gasteiger partial charge in [0, 0.05) is 36.1 Å². The van der Waals surface area contributed by atoms with Crippen molar-refractivity contribution in [2.24, 2.45) is 0 Å². The molecule has 1 N–H and O–H groups in total. The molecule has 0 radical (unpaired) electrons. The minimum atomic E-state index is -0.164. The molecule has 1 aliphatic heterocycles. The summed E-state index contributed by atoms with van der Waals surface area (Å²) in [6.45, 7) is 5.00. The highest BCUT2D eigenvalue weighted by Gasteiger charge is 2.24. The Labute approximate surface area is 169 Å². The Balaban J connectivity index is 2.02. The highest BCUT2D eigenvalue weighted by atomic mass is 35.5. The summed E-state index contributed by atoms with van der Waals surface area (Å²) in [6.07, 6.45) is 1.70. The average Bonchev–Trinajstić information content (AvgIpc) is 2.71. The molecule has 3 rings (SSSR count). The molecule has 6 heteroatoms. The normalized spacial score (nSPS) is 14.1. The fraction of sp³-hybridized carbons (Fsp3) is 0.227. The first-order valence-corrected chi connectivity index (χ1v) is 9.17. The highest BCUT2D eigenvalue weighted by Crippen LogP contribution is 2.35. The monoisotopic (exact) mass is 390 g/mol. The fourth-order valence-electron chi connectivity index (χ4n) is 3.39. The van der Waals surface area contributed by atoms with Crippen LogP contribution in [-0.2, 0) is 13.2 Å². The molecule has 0 amide bonds. The number of hydrogen-bond acceptors (Lipinski definition) is 5. The van der Waals surface area contributed by atoms with E-state index in [1.54, 1.807) is 18.3 Å². The van der Waals surface area contributed by atoms with Crippen LogP contribution in [0.15, 0.2) is 53.4 Å². The second kappa shape index (κ2) is 8.27. The summed E-state index contributed by atoms with van der Waals surface area (Å²) in [7, 11) is 0. The molecule has 28 heavy (non-hydrogen) atoms. The average molecular weight is 391 g/mol. The topological polar surface area (TPSA) is 83.9 Å². The Hall–Kier alpha value is -3.12. The molecule has 0 fully saturated rings. The zero-order valence-corrected chi connectivity index (χ0v) is 16.5. The van der Waals surface area contributed by atoms with Crippen molar-refractivity contribution in [3.8, 4) is 12.1 Å². The molecule has 1 aromatic carbocycles. The maximum atomic E-state index is 9.72. The van der Waals surface area contributed by atoms with E-state index in [1.807, 2.05) is 32.0 Å². The van der Waals surface area contributed by atoms with Crippen molar-refractivity contribution in [3.05, 3.63) is 80.8 Å². The van der Waals surface area contributed by atoms with Crippen molar-refractivity contribution >= 4 is 17.2 Å². The number of pyridine rings is 1. The van der Waals surface area contributed by atoms with Gasteiger partial charge in [0.2, 0.25) is 0 Å². The molecule has 1 aliphatic rings. The number of nitrogens with zero attached hydrogens (tertiary/aromatic N) is 4. The van der Waals surface area contributed by atoms with E-state index in [4.69, 9.17) is 16.9 Å². The summed E-state index contributed by atoms with van der Waals surface area (Å²) in [6, 6.07) is 13.6. The molecule has 140 valence electrons. The number of rotatable bonds is 4. The predicted octanol–water partition coefficient (Wildman–Crippen LogP) is 4.19. The van der Waals surface area contributed by atoms with Crippen molar-refractivity contribution in [3.63, 3.8) is 0 Å². The van der Waals surface area contributed by atoms with E-state index < -0.39 is 0 Å². The van der Waals surface area contributed by atoms with Crippen LogP contribution in [-0.4, -0.2) is 21.5 Å². The van der Waals surface area contributed by atoms with E-state index in [9.17, 15) is 10.4 Å². The summed E-state index contributed by atoms with van der Waals surface area (Å²) >= 11 is 6.00. The van der Waals surface area contributed by atoms with Gasteiger partial charge < -0.3 is 10.0 Å². The van der Waals surface area contributed by atoms with Crippen molar-refractivity contribution in [2.75, 3.05) is 6.54 Å². The number of hydrogen-bond donors (Lipinski definition) is 1. The van der Waals surface area contributed by atoms with Crippen LogP contribution in [0.25, 0.3) is 5.57 Å². The Morgan fingerprint density at radius 3 is 2.50 bits per heavy atom. The molecule has 0 bridgehead atoms. The van der Waals surface area contributed by atoms with Gasteiger partial charge in [-0.15, -0.1) is 0 Å². The minimum absolute atomic E-state index is 0.164. The minimum Gasteiger partial charge on any atom is -0.392 e. The van der Waals surface area contributed by atoms with Gasteiger partial charge in [0.1, 0.15) is 5.15 Å². The molecule has 0 aliphatic carbocycles. The van der Waals surface area contributed by atoms with E-state index in [2.05, 4.69) is 22.0 Å². The van der Waals surface area contributed by atoms with Gasteiger partial charge in [-0.1, -0.05) is 23.7 Å². The smallest absolute Gasteiger partial charge is 0.134 e. The summed E-state index contributed by atoms with van der Waals surface area (Å²) in [5.41, 5.74) is 6.52. The highest BCUT2D eigenvalue weighted by molar-refractivity contribution is 6.30. The molecule has 2 aromatic rings. The van der Waals surface area contributed by atoms with Crippen LogP contribution in [0.5, 0.6) is 0 Å². The van der Waals surface area contributed by atoms with Gasteiger partial charge in [-0.3, -0.25) is 0 Å². The van der Waals surface area contributed by atoms with Crippen molar-refractivity contribution < 1.29 is 5.11 Å². The molecule has 5 nitrogen and oxygen atoms in total. The SMILES string of the molecule is CC1=C(C#N)C(c2ccc(C#N)cc2)=C(C)N(Cc2cnc(Cl)c(CO)c2)C1. The van der Waals surface area contributed by atoms with Gasteiger partial charge >= 0.3 is 0 Å². The van der Waals surface area contributed by atoms with Crippen LogP contribution < -0.4 is 0 Å². The van der Waals surface area contributed by atoms with Crippen LogP contribution in [0.3, 0.4) is 0 Å². The predicted molar refractivity (Wildman–Crippen MR) is 108 cm³/mol. The summed E-state index contributed by atoms with van der Waals surface area (Å²) < 4.78 is 0. The number of aromatic nitrogens is 1. The maximum Gasteiger partial charge on any atom is 0.134 e. The standard InChI is InChI=1S/C22H19ClN4O/c1-14-11-27(12-17-7-19(13-28)22(23)26-10-17)15(2)21(20(14)9-25)18-5-3-16(8-24)4-6-18/h3-7,10,28H,11-13H2,1-2H3. The lowest BCUT2D eigenvalue weighted by atomic mass is 9.89. The molecule has 0 saturated carbocycles. The largest absolute Gasteiger partial charge is 0.392 e. The lowest BCUT2D eigenvalue weighted by molar-refractivity contribution is 0.281. The third-order valence-electron chi connectivity index (χ3n) is 4.87. The first kappa shape index (κ1) is 19.6. The van der Waals surface area contributed by atoms with Crippen molar-refractivity contribution in [2.45, 2.75) is 27.0 Å². The second-order valence-electron chi connectivity index (χ2n) is 6.72. The van der Waals surface area contributed by atoms with E-state index >= 15 is 0 Å². The number of nitriles is 2. The molecule has 2 heterocycles. The summed E-state index contributed by atoms with van der Waals surface area (Å²) in [5, 5.41) is 28.5. The maximum absolute atomic E-state index is 9.72. The zero-order chi connectivity index (χ0) is 20.3. The number of aliphatic hydroxyl groups excluding tert-OH is 1. The third kappa shape index (κ3) is 3.77. The first-order chi connectivity index (χ1) is 13.5. The Morgan fingerprint density at radius 1 is 1.18 bits per heavy atom. The van der Waals surface area contributed by atoms with Crippen molar-refractivity contribution in [1.82, 2.24) is 9.88 Å². The van der Waals surface area contributed by atoms with E-state index in [1.165, 1.54) is 0 Å². The third-order valence-corrected chi connectivity index (χ3v) is 5.21. The fourth-order valence-corrected chi connectivity index (χ4v) is 3.55. The molecule has 0 atom stereocenters. The summed E-state index contributed by atoms with van der Waals surface area (Å²) in [5.74, 6) is 0.